The fourth-order valence-corrected chi connectivity index (χ4v) is 4.23. The van der Waals surface area contributed by atoms with Crippen LogP contribution in [0, 0.1) is 5.92 Å². The zero-order valence-corrected chi connectivity index (χ0v) is 12.9. The maximum absolute atomic E-state index is 12.8. The average Bonchev–Trinajstić information content (AvgIpc) is 3.27. The van der Waals surface area contributed by atoms with Gasteiger partial charge in [0.2, 0.25) is 5.91 Å². The lowest BCUT2D eigenvalue weighted by atomic mass is 9.89. The van der Waals surface area contributed by atoms with Gasteiger partial charge in [0, 0.05) is 44.4 Å². The van der Waals surface area contributed by atoms with E-state index >= 15 is 0 Å². The molecular formula is C17H24N2O3. The number of rotatable bonds is 3. The number of ether oxygens (including phenoxy) is 1. The van der Waals surface area contributed by atoms with Crippen molar-refractivity contribution >= 4 is 5.91 Å². The molecule has 0 unspecified atom stereocenters. The van der Waals surface area contributed by atoms with E-state index in [9.17, 15) is 4.79 Å². The topological polar surface area (TPSA) is 45.9 Å². The fourth-order valence-electron chi connectivity index (χ4n) is 4.23. The van der Waals surface area contributed by atoms with E-state index in [2.05, 4.69) is 9.80 Å². The molecule has 3 aliphatic rings. The molecule has 0 aliphatic carbocycles. The number of nitrogens with zero attached hydrogens (tertiary/aromatic N) is 2. The SMILES string of the molecule is O=C([C@@H]1C[C@H]2OCC[C@H]2N(Cc2ccoc2)C1)N1CCCC1. The Morgan fingerprint density at radius 1 is 1.32 bits per heavy atom. The number of carbonyl (C=O) groups excluding carboxylic acids is 1. The predicted octanol–water partition coefficient (Wildman–Crippen LogP) is 1.88. The molecule has 0 N–H and O–H groups in total. The third-order valence-electron chi connectivity index (χ3n) is 5.35. The van der Waals surface area contributed by atoms with Crippen molar-refractivity contribution in [1.29, 1.82) is 0 Å². The van der Waals surface area contributed by atoms with Gasteiger partial charge in [-0.1, -0.05) is 0 Å². The molecule has 5 heteroatoms. The average molecular weight is 304 g/mol. The summed E-state index contributed by atoms with van der Waals surface area (Å²) in [7, 11) is 0. The minimum absolute atomic E-state index is 0.0874. The molecule has 5 nitrogen and oxygen atoms in total. The Morgan fingerprint density at radius 2 is 2.18 bits per heavy atom. The van der Waals surface area contributed by atoms with E-state index in [0.29, 0.717) is 11.9 Å². The van der Waals surface area contributed by atoms with Gasteiger partial charge < -0.3 is 14.1 Å². The maximum Gasteiger partial charge on any atom is 0.227 e. The van der Waals surface area contributed by atoms with Crippen molar-refractivity contribution in [2.75, 3.05) is 26.2 Å². The summed E-state index contributed by atoms with van der Waals surface area (Å²) < 4.78 is 11.1. The van der Waals surface area contributed by atoms with Gasteiger partial charge in [0.05, 0.1) is 24.5 Å². The third-order valence-corrected chi connectivity index (χ3v) is 5.35. The van der Waals surface area contributed by atoms with Crippen LogP contribution in [-0.4, -0.2) is 54.1 Å². The molecule has 0 radical (unpaired) electrons. The summed E-state index contributed by atoms with van der Waals surface area (Å²) in [5, 5.41) is 0. The maximum atomic E-state index is 12.8. The second-order valence-electron chi connectivity index (χ2n) is 6.79. The molecule has 3 saturated heterocycles. The van der Waals surface area contributed by atoms with Crippen LogP contribution in [0.3, 0.4) is 0 Å². The largest absolute Gasteiger partial charge is 0.472 e. The van der Waals surface area contributed by atoms with E-state index in [4.69, 9.17) is 9.15 Å². The number of fused-ring (bicyclic) bond motifs is 1. The summed E-state index contributed by atoms with van der Waals surface area (Å²) in [6.07, 6.45) is 8.01. The number of likely N-dealkylation sites (tertiary alicyclic amines) is 2. The van der Waals surface area contributed by atoms with Gasteiger partial charge in [-0.3, -0.25) is 9.69 Å². The molecule has 3 atom stereocenters. The van der Waals surface area contributed by atoms with E-state index in [1.54, 1.807) is 12.5 Å². The van der Waals surface area contributed by atoms with E-state index in [1.807, 2.05) is 6.07 Å². The Bertz CT molecular complexity index is 510. The van der Waals surface area contributed by atoms with E-state index in [-0.39, 0.29) is 12.0 Å². The van der Waals surface area contributed by atoms with Gasteiger partial charge in [-0.05, 0) is 31.7 Å². The van der Waals surface area contributed by atoms with E-state index in [1.165, 1.54) is 5.56 Å². The zero-order valence-electron chi connectivity index (χ0n) is 12.9. The lowest BCUT2D eigenvalue weighted by Crippen LogP contribution is -2.52. The number of furan rings is 1. The summed E-state index contributed by atoms with van der Waals surface area (Å²) in [6.45, 7) is 4.40. The van der Waals surface area contributed by atoms with Crippen LogP contribution in [-0.2, 0) is 16.1 Å². The Balaban J connectivity index is 1.48. The van der Waals surface area contributed by atoms with Crippen LogP contribution >= 0.6 is 0 Å². The molecular weight excluding hydrogens is 280 g/mol. The standard InChI is InChI=1S/C17H24N2O3/c20-17(18-5-1-2-6-18)14-9-16-15(4-8-22-16)19(11-14)10-13-3-7-21-12-13/h3,7,12,14-16H,1-2,4-6,8-11H2/t14-,15-,16-/m1/s1. The van der Waals surface area contributed by atoms with Crippen LogP contribution in [0.5, 0.6) is 0 Å². The van der Waals surface area contributed by atoms with Gasteiger partial charge in [-0.25, -0.2) is 0 Å². The third kappa shape index (κ3) is 2.68. The summed E-state index contributed by atoms with van der Waals surface area (Å²) in [5.74, 6) is 0.424. The first-order valence-corrected chi connectivity index (χ1v) is 8.47. The molecule has 4 rings (SSSR count). The van der Waals surface area contributed by atoms with Crippen LogP contribution in [0.25, 0.3) is 0 Å². The summed E-state index contributed by atoms with van der Waals surface area (Å²) in [6, 6.07) is 2.47. The predicted molar refractivity (Wildman–Crippen MR) is 81.2 cm³/mol. The molecule has 22 heavy (non-hydrogen) atoms. The van der Waals surface area contributed by atoms with Crippen molar-refractivity contribution in [3.05, 3.63) is 24.2 Å². The highest BCUT2D eigenvalue weighted by molar-refractivity contribution is 5.79. The number of hydrogen-bond donors (Lipinski definition) is 0. The highest BCUT2D eigenvalue weighted by Gasteiger charge is 2.43. The van der Waals surface area contributed by atoms with Crippen molar-refractivity contribution in [3.63, 3.8) is 0 Å². The highest BCUT2D eigenvalue weighted by Crippen LogP contribution is 2.33. The molecule has 0 saturated carbocycles. The number of piperidine rings is 1. The smallest absolute Gasteiger partial charge is 0.227 e. The normalized spacial score (nSPS) is 32.4. The quantitative estimate of drug-likeness (QED) is 0.855. The van der Waals surface area contributed by atoms with Crippen molar-refractivity contribution < 1.29 is 13.9 Å². The zero-order chi connectivity index (χ0) is 14.9. The molecule has 120 valence electrons. The van der Waals surface area contributed by atoms with Crippen LogP contribution in [0.2, 0.25) is 0 Å². The Labute approximate surface area is 131 Å². The van der Waals surface area contributed by atoms with Crippen molar-refractivity contribution in [2.24, 2.45) is 5.92 Å². The monoisotopic (exact) mass is 304 g/mol. The Hall–Kier alpha value is -1.33. The fraction of sp³-hybridized carbons (Fsp3) is 0.706. The molecule has 0 aromatic carbocycles. The van der Waals surface area contributed by atoms with Crippen LogP contribution in [0.4, 0.5) is 0 Å². The molecule has 3 aliphatic heterocycles. The van der Waals surface area contributed by atoms with Gasteiger partial charge in [0.1, 0.15) is 0 Å². The first-order chi connectivity index (χ1) is 10.8. The number of hydrogen-bond acceptors (Lipinski definition) is 4. The van der Waals surface area contributed by atoms with Crippen LogP contribution in [0.15, 0.2) is 23.0 Å². The molecule has 1 aromatic heterocycles. The van der Waals surface area contributed by atoms with Gasteiger partial charge in [-0.2, -0.15) is 0 Å². The summed E-state index contributed by atoms with van der Waals surface area (Å²) in [4.78, 5) is 17.2. The molecule has 1 amide bonds. The molecule has 0 spiro atoms. The van der Waals surface area contributed by atoms with Crippen molar-refractivity contribution in [1.82, 2.24) is 9.80 Å². The minimum atomic E-state index is 0.0874. The van der Waals surface area contributed by atoms with Gasteiger partial charge in [-0.15, -0.1) is 0 Å². The second-order valence-corrected chi connectivity index (χ2v) is 6.79. The lowest BCUT2D eigenvalue weighted by Gasteiger charge is -2.41. The minimum Gasteiger partial charge on any atom is -0.472 e. The Kier molecular flexibility index (Phi) is 3.92. The Morgan fingerprint density at radius 3 is 2.95 bits per heavy atom. The van der Waals surface area contributed by atoms with Gasteiger partial charge in [0.15, 0.2) is 0 Å². The first kappa shape index (κ1) is 14.3. The molecule has 0 bridgehead atoms. The van der Waals surface area contributed by atoms with E-state index < -0.39 is 0 Å². The number of carbonyl (C=O) groups is 1. The second kappa shape index (κ2) is 6.05. The summed E-state index contributed by atoms with van der Waals surface area (Å²) in [5.41, 5.74) is 1.18. The number of amides is 1. The molecule has 3 fully saturated rings. The van der Waals surface area contributed by atoms with Crippen molar-refractivity contribution in [3.8, 4) is 0 Å². The van der Waals surface area contributed by atoms with Crippen LogP contribution in [0.1, 0.15) is 31.2 Å². The van der Waals surface area contributed by atoms with E-state index in [0.717, 1.165) is 58.5 Å². The molecule has 1 aromatic rings. The summed E-state index contributed by atoms with van der Waals surface area (Å²) >= 11 is 0. The van der Waals surface area contributed by atoms with Crippen LogP contribution < -0.4 is 0 Å². The van der Waals surface area contributed by atoms with Gasteiger partial charge >= 0.3 is 0 Å². The van der Waals surface area contributed by atoms with Gasteiger partial charge in [0.25, 0.3) is 0 Å². The highest BCUT2D eigenvalue weighted by atomic mass is 16.5. The molecule has 4 heterocycles. The lowest BCUT2D eigenvalue weighted by molar-refractivity contribution is -0.139. The first-order valence-electron chi connectivity index (χ1n) is 8.47. The van der Waals surface area contributed by atoms with Crippen molar-refractivity contribution in [2.45, 2.75) is 44.4 Å².